The highest BCUT2D eigenvalue weighted by Gasteiger charge is 2.02. The molecule has 0 radical (unpaired) electrons. The van der Waals surface area contributed by atoms with E-state index in [-0.39, 0.29) is 12.4 Å². The van der Waals surface area contributed by atoms with Crippen LogP contribution in [0.25, 0.3) is 0 Å². The van der Waals surface area contributed by atoms with Crippen LogP contribution in [0.2, 0.25) is 0 Å². The molecular weight excluding hydrogens is 238 g/mol. The maximum atomic E-state index is 10.9. The van der Waals surface area contributed by atoms with E-state index in [4.69, 9.17) is 10.5 Å². The quantitative estimate of drug-likeness (QED) is 0.790. The van der Waals surface area contributed by atoms with Crippen molar-refractivity contribution >= 4 is 9.84 Å². The minimum atomic E-state index is -2.99. The Hall–Kier alpha value is -1.51. The van der Waals surface area contributed by atoms with Gasteiger partial charge in [-0.1, -0.05) is 17.9 Å². The van der Waals surface area contributed by atoms with Crippen molar-refractivity contribution in [2.45, 2.75) is 0 Å². The van der Waals surface area contributed by atoms with Crippen LogP contribution in [0.15, 0.2) is 24.3 Å². The maximum Gasteiger partial charge on any atom is 0.150 e. The van der Waals surface area contributed by atoms with Crippen molar-refractivity contribution in [2.24, 2.45) is 5.73 Å². The molecule has 1 rings (SSSR count). The molecule has 0 atom stereocenters. The van der Waals surface area contributed by atoms with Gasteiger partial charge in [-0.05, 0) is 18.2 Å². The predicted molar refractivity (Wildman–Crippen MR) is 67.6 cm³/mol. The van der Waals surface area contributed by atoms with Gasteiger partial charge in [-0.25, -0.2) is 8.42 Å². The Kier molecular flexibility index (Phi) is 5.01. The summed E-state index contributed by atoms with van der Waals surface area (Å²) in [5.41, 5.74) is 6.07. The SMILES string of the molecule is CS(=O)(=O)CCOc1cccc(C#CCN)c1. The van der Waals surface area contributed by atoms with Crippen molar-refractivity contribution in [3.05, 3.63) is 29.8 Å². The molecule has 0 spiro atoms. The molecule has 92 valence electrons. The van der Waals surface area contributed by atoms with Crippen molar-refractivity contribution in [1.82, 2.24) is 0 Å². The topological polar surface area (TPSA) is 69.4 Å². The third kappa shape index (κ3) is 5.95. The molecule has 0 fully saturated rings. The van der Waals surface area contributed by atoms with Crippen LogP contribution in [0.1, 0.15) is 5.56 Å². The lowest BCUT2D eigenvalue weighted by Crippen LogP contribution is -2.12. The van der Waals surface area contributed by atoms with Crippen LogP contribution in [0.5, 0.6) is 5.75 Å². The van der Waals surface area contributed by atoms with Crippen molar-refractivity contribution < 1.29 is 13.2 Å². The zero-order valence-electron chi connectivity index (χ0n) is 9.64. The number of sulfone groups is 1. The molecule has 0 aliphatic heterocycles. The smallest absolute Gasteiger partial charge is 0.150 e. The van der Waals surface area contributed by atoms with E-state index in [1.54, 1.807) is 18.2 Å². The van der Waals surface area contributed by atoms with Gasteiger partial charge in [0.2, 0.25) is 0 Å². The first-order valence-corrected chi connectivity index (χ1v) is 7.17. The third-order valence-electron chi connectivity index (χ3n) is 1.89. The van der Waals surface area contributed by atoms with Crippen molar-refractivity contribution in [3.63, 3.8) is 0 Å². The van der Waals surface area contributed by atoms with Gasteiger partial charge >= 0.3 is 0 Å². The highest BCUT2D eigenvalue weighted by atomic mass is 32.2. The fourth-order valence-electron chi connectivity index (χ4n) is 1.13. The molecule has 0 unspecified atom stereocenters. The van der Waals surface area contributed by atoms with E-state index in [0.717, 1.165) is 5.56 Å². The maximum absolute atomic E-state index is 10.9. The molecule has 0 saturated heterocycles. The van der Waals surface area contributed by atoms with E-state index in [2.05, 4.69) is 11.8 Å². The van der Waals surface area contributed by atoms with Crippen LogP contribution < -0.4 is 10.5 Å². The Morgan fingerprint density at radius 2 is 2.18 bits per heavy atom. The van der Waals surface area contributed by atoms with Gasteiger partial charge in [0, 0.05) is 11.8 Å². The van der Waals surface area contributed by atoms with Crippen LogP contribution >= 0.6 is 0 Å². The first kappa shape index (κ1) is 13.6. The Bertz CT molecular complexity index is 526. The van der Waals surface area contributed by atoms with Crippen molar-refractivity contribution in [2.75, 3.05) is 25.2 Å². The van der Waals surface area contributed by atoms with Gasteiger partial charge in [-0.3, -0.25) is 0 Å². The van der Waals surface area contributed by atoms with Crippen molar-refractivity contribution in [3.8, 4) is 17.6 Å². The average Bonchev–Trinajstić information content (AvgIpc) is 2.25. The van der Waals surface area contributed by atoms with Crippen LogP contribution in [0.4, 0.5) is 0 Å². The molecular formula is C12H15NO3S. The summed E-state index contributed by atoms with van der Waals surface area (Å²) < 4.78 is 27.2. The summed E-state index contributed by atoms with van der Waals surface area (Å²) in [6.07, 6.45) is 1.18. The number of nitrogens with two attached hydrogens (primary N) is 1. The predicted octanol–water partition coefficient (Wildman–Crippen LogP) is 0.420. The largest absolute Gasteiger partial charge is 0.492 e. The van der Waals surface area contributed by atoms with Gasteiger partial charge in [-0.2, -0.15) is 0 Å². The van der Waals surface area contributed by atoms with Crippen LogP contribution in [0.3, 0.4) is 0 Å². The lowest BCUT2D eigenvalue weighted by atomic mass is 10.2. The first-order valence-electron chi connectivity index (χ1n) is 5.11. The number of hydrogen-bond acceptors (Lipinski definition) is 4. The molecule has 0 aliphatic carbocycles. The first-order chi connectivity index (χ1) is 8.01. The van der Waals surface area contributed by atoms with E-state index < -0.39 is 9.84 Å². The number of benzene rings is 1. The minimum Gasteiger partial charge on any atom is -0.492 e. The van der Waals surface area contributed by atoms with Gasteiger partial charge in [0.05, 0.1) is 12.3 Å². The Morgan fingerprint density at radius 1 is 1.41 bits per heavy atom. The molecule has 0 saturated carbocycles. The lowest BCUT2D eigenvalue weighted by Gasteiger charge is -2.05. The zero-order chi connectivity index (χ0) is 12.7. The molecule has 17 heavy (non-hydrogen) atoms. The lowest BCUT2D eigenvalue weighted by molar-refractivity contribution is 0.341. The van der Waals surface area contributed by atoms with Crippen LogP contribution in [-0.2, 0) is 9.84 Å². The molecule has 0 amide bonds. The summed E-state index contributed by atoms with van der Waals surface area (Å²) in [5.74, 6) is 6.23. The van der Waals surface area contributed by atoms with Crippen molar-refractivity contribution in [1.29, 1.82) is 0 Å². The third-order valence-corrected chi connectivity index (χ3v) is 2.80. The molecule has 0 aromatic heterocycles. The Labute approximate surface area is 102 Å². The van der Waals surface area contributed by atoms with Crippen LogP contribution in [0, 0.1) is 11.8 Å². The van der Waals surface area contributed by atoms with Gasteiger partial charge < -0.3 is 10.5 Å². The standard InChI is InChI=1S/C12H15NO3S/c1-17(14,15)9-8-16-12-6-2-4-11(10-12)5-3-7-13/h2,4,6,10H,7-9,13H2,1H3. The zero-order valence-corrected chi connectivity index (χ0v) is 10.5. The Balaban J connectivity index is 2.60. The van der Waals surface area contributed by atoms with E-state index in [1.165, 1.54) is 6.26 Å². The van der Waals surface area contributed by atoms with E-state index >= 15 is 0 Å². The summed E-state index contributed by atoms with van der Waals surface area (Å²) in [6.45, 7) is 0.450. The molecule has 0 bridgehead atoms. The summed E-state index contributed by atoms with van der Waals surface area (Å²) >= 11 is 0. The number of hydrogen-bond donors (Lipinski definition) is 1. The van der Waals surface area contributed by atoms with Gasteiger partial charge in [-0.15, -0.1) is 0 Å². The minimum absolute atomic E-state index is 0.00566. The van der Waals surface area contributed by atoms with Gasteiger partial charge in [0.15, 0.2) is 9.84 Å². The molecule has 2 N–H and O–H groups in total. The summed E-state index contributed by atoms with van der Waals surface area (Å²) in [6, 6.07) is 7.16. The fraction of sp³-hybridized carbons (Fsp3) is 0.333. The second kappa shape index (κ2) is 6.28. The summed E-state index contributed by atoms with van der Waals surface area (Å²) in [4.78, 5) is 0. The molecule has 1 aromatic carbocycles. The van der Waals surface area contributed by atoms with E-state index in [0.29, 0.717) is 12.3 Å². The number of ether oxygens (including phenoxy) is 1. The Morgan fingerprint density at radius 3 is 2.82 bits per heavy atom. The highest BCUT2D eigenvalue weighted by Crippen LogP contribution is 2.12. The van der Waals surface area contributed by atoms with E-state index in [1.807, 2.05) is 6.07 Å². The molecule has 1 aromatic rings. The average molecular weight is 253 g/mol. The van der Waals surface area contributed by atoms with Gasteiger partial charge in [0.1, 0.15) is 12.4 Å². The second-order valence-corrected chi connectivity index (χ2v) is 5.77. The molecule has 5 heteroatoms. The molecule has 0 aliphatic rings. The summed E-state index contributed by atoms with van der Waals surface area (Å²) in [5, 5.41) is 0. The fourth-order valence-corrected chi connectivity index (χ4v) is 1.51. The molecule has 0 heterocycles. The normalized spacial score (nSPS) is 10.5. The summed E-state index contributed by atoms with van der Waals surface area (Å²) in [7, 11) is -2.99. The second-order valence-electron chi connectivity index (χ2n) is 3.51. The van der Waals surface area contributed by atoms with Crippen LogP contribution in [-0.4, -0.2) is 33.6 Å². The monoisotopic (exact) mass is 253 g/mol. The highest BCUT2D eigenvalue weighted by molar-refractivity contribution is 7.90. The van der Waals surface area contributed by atoms with E-state index in [9.17, 15) is 8.42 Å². The number of rotatable bonds is 4. The molecule has 4 nitrogen and oxygen atoms in total. The van der Waals surface area contributed by atoms with Gasteiger partial charge in [0.25, 0.3) is 0 Å².